The van der Waals surface area contributed by atoms with Crippen LogP contribution in [0, 0.1) is 5.82 Å². The minimum absolute atomic E-state index is 0.0751. The number of aliphatic hydroxyl groups is 1. The maximum absolute atomic E-state index is 13.0. The van der Waals surface area contributed by atoms with Gasteiger partial charge in [-0.3, -0.25) is 4.90 Å². The van der Waals surface area contributed by atoms with Crippen molar-refractivity contribution in [1.29, 1.82) is 0 Å². The average Bonchev–Trinajstić information content (AvgIpc) is 2.48. The van der Waals surface area contributed by atoms with Crippen LogP contribution < -0.4 is 0 Å². The molecule has 3 nitrogen and oxygen atoms in total. The lowest BCUT2D eigenvalue weighted by molar-refractivity contribution is -0.0255. The van der Waals surface area contributed by atoms with E-state index in [1.807, 2.05) is 12.1 Å². The zero-order chi connectivity index (χ0) is 14.4. The first-order valence-electron chi connectivity index (χ1n) is 7.46. The molecule has 1 heterocycles. The first-order chi connectivity index (χ1) is 9.74. The molecule has 20 heavy (non-hydrogen) atoms. The van der Waals surface area contributed by atoms with Gasteiger partial charge in [-0.1, -0.05) is 19.1 Å². The van der Waals surface area contributed by atoms with Crippen LogP contribution in [-0.4, -0.2) is 42.4 Å². The Bertz CT molecular complexity index is 396. The SMILES string of the molecule is CC[C@@H](c1ccc(F)cc1)N1CCC[C@@H](OCCO)C1. The number of halogens is 1. The average molecular weight is 281 g/mol. The summed E-state index contributed by atoms with van der Waals surface area (Å²) in [4.78, 5) is 2.42. The molecule has 0 spiro atoms. The fourth-order valence-electron chi connectivity index (χ4n) is 2.99. The molecule has 2 atom stereocenters. The van der Waals surface area contributed by atoms with E-state index in [1.54, 1.807) is 0 Å². The van der Waals surface area contributed by atoms with Crippen LogP contribution in [0.25, 0.3) is 0 Å². The number of likely N-dealkylation sites (tertiary alicyclic amines) is 1. The van der Waals surface area contributed by atoms with Gasteiger partial charge in [-0.05, 0) is 43.5 Å². The number of benzene rings is 1. The maximum atomic E-state index is 13.0. The molecule has 0 aliphatic carbocycles. The number of nitrogens with zero attached hydrogens (tertiary/aromatic N) is 1. The minimum atomic E-state index is -0.189. The van der Waals surface area contributed by atoms with Gasteiger partial charge in [-0.15, -0.1) is 0 Å². The van der Waals surface area contributed by atoms with E-state index >= 15 is 0 Å². The second-order valence-electron chi connectivity index (χ2n) is 5.33. The molecule has 1 aliphatic heterocycles. The second kappa shape index (κ2) is 7.72. The molecule has 1 N–H and O–H groups in total. The highest BCUT2D eigenvalue weighted by molar-refractivity contribution is 5.20. The van der Waals surface area contributed by atoms with E-state index in [-0.39, 0.29) is 18.5 Å². The Labute approximate surface area is 120 Å². The standard InChI is InChI=1S/C16H24FNO2/c1-2-16(13-5-7-14(17)8-6-13)18-9-3-4-15(12-18)20-11-10-19/h5-8,15-16,19H,2-4,9-12H2,1H3/t15-,16+/m1/s1. The van der Waals surface area contributed by atoms with E-state index in [9.17, 15) is 4.39 Å². The molecule has 0 unspecified atom stereocenters. The van der Waals surface area contributed by atoms with Gasteiger partial charge in [-0.25, -0.2) is 4.39 Å². The van der Waals surface area contributed by atoms with Crippen molar-refractivity contribution in [3.63, 3.8) is 0 Å². The summed E-state index contributed by atoms with van der Waals surface area (Å²) in [6, 6.07) is 7.13. The van der Waals surface area contributed by atoms with Crippen molar-refractivity contribution in [2.75, 3.05) is 26.3 Å². The van der Waals surface area contributed by atoms with Crippen LogP contribution in [0.5, 0.6) is 0 Å². The van der Waals surface area contributed by atoms with E-state index in [1.165, 1.54) is 12.1 Å². The molecule has 0 saturated carbocycles. The summed E-state index contributed by atoms with van der Waals surface area (Å²) in [6.07, 6.45) is 3.35. The molecule has 1 saturated heterocycles. The summed E-state index contributed by atoms with van der Waals surface area (Å²) in [7, 11) is 0. The Morgan fingerprint density at radius 3 is 2.80 bits per heavy atom. The van der Waals surface area contributed by atoms with Gasteiger partial charge in [0, 0.05) is 12.6 Å². The smallest absolute Gasteiger partial charge is 0.123 e. The van der Waals surface area contributed by atoms with Gasteiger partial charge in [0.1, 0.15) is 5.82 Å². The van der Waals surface area contributed by atoms with Crippen molar-refractivity contribution in [3.05, 3.63) is 35.6 Å². The van der Waals surface area contributed by atoms with Crippen LogP contribution in [-0.2, 0) is 4.74 Å². The van der Waals surface area contributed by atoms with E-state index in [4.69, 9.17) is 9.84 Å². The summed E-state index contributed by atoms with van der Waals surface area (Å²) in [5, 5.41) is 8.85. The third-order valence-corrected chi connectivity index (χ3v) is 3.94. The molecule has 1 fully saturated rings. The first kappa shape index (κ1) is 15.4. The van der Waals surface area contributed by atoms with Gasteiger partial charge >= 0.3 is 0 Å². The number of ether oxygens (including phenoxy) is 1. The van der Waals surface area contributed by atoms with Crippen LogP contribution in [0.1, 0.15) is 37.8 Å². The minimum Gasteiger partial charge on any atom is -0.394 e. The molecular weight excluding hydrogens is 257 g/mol. The predicted molar refractivity (Wildman–Crippen MR) is 77.1 cm³/mol. The van der Waals surface area contributed by atoms with Crippen molar-refractivity contribution in [2.45, 2.75) is 38.3 Å². The van der Waals surface area contributed by atoms with Gasteiger partial charge in [0.2, 0.25) is 0 Å². The quantitative estimate of drug-likeness (QED) is 0.870. The Balaban J connectivity index is 2.01. The van der Waals surface area contributed by atoms with Crippen molar-refractivity contribution in [2.24, 2.45) is 0 Å². The van der Waals surface area contributed by atoms with E-state index in [0.29, 0.717) is 12.6 Å². The molecule has 2 rings (SSSR count). The van der Waals surface area contributed by atoms with E-state index in [0.717, 1.165) is 37.9 Å². The number of rotatable bonds is 6. The summed E-state index contributed by atoms with van der Waals surface area (Å²) >= 11 is 0. The number of hydrogen-bond donors (Lipinski definition) is 1. The van der Waals surface area contributed by atoms with Crippen molar-refractivity contribution >= 4 is 0 Å². The normalized spacial score (nSPS) is 21.9. The zero-order valence-corrected chi connectivity index (χ0v) is 12.1. The molecule has 0 aromatic heterocycles. The molecule has 1 aromatic carbocycles. The third kappa shape index (κ3) is 4.01. The zero-order valence-electron chi connectivity index (χ0n) is 12.1. The van der Waals surface area contributed by atoms with Gasteiger partial charge in [0.15, 0.2) is 0 Å². The summed E-state index contributed by atoms with van der Waals surface area (Å²) in [5.41, 5.74) is 1.16. The van der Waals surface area contributed by atoms with Gasteiger partial charge in [0.25, 0.3) is 0 Å². The topological polar surface area (TPSA) is 32.7 Å². The fourth-order valence-corrected chi connectivity index (χ4v) is 2.99. The Hall–Kier alpha value is -0.970. The number of aliphatic hydroxyl groups excluding tert-OH is 1. The highest BCUT2D eigenvalue weighted by atomic mass is 19.1. The summed E-state index contributed by atoms with van der Waals surface area (Å²) in [5.74, 6) is -0.189. The molecule has 0 bridgehead atoms. The fraction of sp³-hybridized carbons (Fsp3) is 0.625. The predicted octanol–water partition coefficient (Wildman–Crippen LogP) is 2.75. The largest absolute Gasteiger partial charge is 0.394 e. The van der Waals surface area contributed by atoms with Crippen LogP contribution in [0.3, 0.4) is 0 Å². The second-order valence-corrected chi connectivity index (χ2v) is 5.33. The number of hydrogen-bond acceptors (Lipinski definition) is 3. The highest BCUT2D eigenvalue weighted by Crippen LogP contribution is 2.28. The Morgan fingerprint density at radius 2 is 2.15 bits per heavy atom. The lowest BCUT2D eigenvalue weighted by Gasteiger charge is -2.38. The molecule has 1 aliphatic rings. The van der Waals surface area contributed by atoms with Gasteiger partial charge < -0.3 is 9.84 Å². The summed E-state index contributed by atoms with van der Waals surface area (Å²) in [6.45, 7) is 4.58. The molecular formula is C16H24FNO2. The lowest BCUT2D eigenvalue weighted by Crippen LogP contribution is -2.42. The monoisotopic (exact) mass is 281 g/mol. The van der Waals surface area contributed by atoms with Gasteiger partial charge in [0.05, 0.1) is 19.3 Å². The van der Waals surface area contributed by atoms with E-state index in [2.05, 4.69) is 11.8 Å². The van der Waals surface area contributed by atoms with Crippen molar-refractivity contribution < 1.29 is 14.2 Å². The molecule has 4 heteroatoms. The maximum Gasteiger partial charge on any atom is 0.123 e. The van der Waals surface area contributed by atoms with Crippen LogP contribution >= 0.6 is 0 Å². The van der Waals surface area contributed by atoms with E-state index < -0.39 is 0 Å². The van der Waals surface area contributed by atoms with Gasteiger partial charge in [-0.2, -0.15) is 0 Å². The molecule has 0 amide bonds. The Morgan fingerprint density at radius 1 is 1.40 bits per heavy atom. The molecule has 1 aromatic rings. The molecule has 0 radical (unpaired) electrons. The summed E-state index contributed by atoms with van der Waals surface area (Å²) < 4.78 is 18.7. The van der Waals surface area contributed by atoms with Crippen molar-refractivity contribution in [3.8, 4) is 0 Å². The third-order valence-electron chi connectivity index (χ3n) is 3.94. The number of piperidine rings is 1. The lowest BCUT2D eigenvalue weighted by atomic mass is 9.98. The highest BCUT2D eigenvalue weighted by Gasteiger charge is 2.26. The van der Waals surface area contributed by atoms with Crippen LogP contribution in [0.15, 0.2) is 24.3 Å². The molecule has 112 valence electrons. The van der Waals surface area contributed by atoms with Crippen LogP contribution in [0.2, 0.25) is 0 Å². The van der Waals surface area contributed by atoms with Crippen molar-refractivity contribution in [1.82, 2.24) is 4.90 Å². The van der Waals surface area contributed by atoms with Crippen LogP contribution in [0.4, 0.5) is 4.39 Å². The Kier molecular flexibility index (Phi) is 5.95. The first-order valence-corrected chi connectivity index (χ1v) is 7.46.